The summed E-state index contributed by atoms with van der Waals surface area (Å²) in [6.07, 6.45) is 0. The molecule has 0 heterocycles. The summed E-state index contributed by atoms with van der Waals surface area (Å²) in [5.41, 5.74) is 13.3. The largest absolute Gasteiger partial charge is 0.0622 e. The lowest BCUT2D eigenvalue weighted by Crippen LogP contribution is -1.94. The van der Waals surface area contributed by atoms with Gasteiger partial charge < -0.3 is 0 Å². The molecule has 34 heavy (non-hydrogen) atoms. The van der Waals surface area contributed by atoms with E-state index in [1.807, 2.05) is 0 Å². The summed E-state index contributed by atoms with van der Waals surface area (Å²) in [5.74, 6) is 0. The van der Waals surface area contributed by atoms with E-state index in [2.05, 4.69) is 123 Å². The molecule has 0 heteroatoms. The quantitative estimate of drug-likeness (QED) is 0.255. The molecule has 0 fully saturated rings. The molecular formula is C34H24. The minimum absolute atomic E-state index is 1.27. The van der Waals surface area contributed by atoms with Gasteiger partial charge in [0.25, 0.3) is 0 Å². The second-order valence-corrected chi connectivity index (χ2v) is 9.44. The standard InChI is InChI=1S/C34H24/c1-21-16-18-26-29(20-21)31(24-12-7-4-8-13-24)33-27-15-9-14-25-22(2)17-19-28(32(25)27)34(33)30(26)23-10-5-3-6-11-23/h3-20H,1-2H3. The van der Waals surface area contributed by atoms with Crippen LogP contribution in [0.15, 0.2) is 109 Å². The van der Waals surface area contributed by atoms with Gasteiger partial charge in [0.15, 0.2) is 0 Å². The Labute approximate surface area is 200 Å². The summed E-state index contributed by atoms with van der Waals surface area (Å²) in [4.78, 5) is 0. The lowest BCUT2D eigenvalue weighted by atomic mass is 9.82. The van der Waals surface area contributed by atoms with Crippen LogP contribution in [0.4, 0.5) is 0 Å². The molecule has 0 N–H and O–H groups in total. The van der Waals surface area contributed by atoms with E-state index in [-0.39, 0.29) is 0 Å². The molecule has 6 aromatic carbocycles. The third-order valence-electron chi connectivity index (χ3n) is 7.39. The molecule has 0 saturated carbocycles. The maximum absolute atomic E-state index is 2.37. The first-order valence-corrected chi connectivity index (χ1v) is 12.0. The third kappa shape index (κ3) is 2.60. The maximum atomic E-state index is 2.37. The Balaban J connectivity index is 1.78. The molecule has 160 valence electrons. The minimum Gasteiger partial charge on any atom is -0.0622 e. The number of aryl methyl sites for hydroxylation is 2. The van der Waals surface area contributed by atoms with Crippen molar-refractivity contribution < 1.29 is 0 Å². The second-order valence-electron chi connectivity index (χ2n) is 9.44. The number of benzene rings is 6. The molecule has 6 aromatic rings. The van der Waals surface area contributed by atoms with Crippen LogP contribution in [-0.2, 0) is 0 Å². The highest BCUT2D eigenvalue weighted by atomic mass is 14.3. The first-order valence-electron chi connectivity index (χ1n) is 12.0. The van der Waals surface area contributed by atoms with Crippen molar-refractivity contribution in [1.82, 2.24) is 0 Å². The smallest absolute Gasteiger partial charge is 0.000741 e. The zero-order valence-electron chi connectivity index (χ0n) is 19.4. The molecule has 0 saturated heterocycles. The molecule has 0 atom stereocenters. The highest BCUT2D eigenvalue weighted by Gasteiger charge is 2.30. The van der Waals surface area contributed by atoms with Crippen molar-refractivity contribution in [2.45, 2.75) is 13.8 Å². The molecule has 0 aromatic heterocycles. The topological polar surface area (TPSA) is 0 Å². The Hall–Kier alpha value is -4.16. The molecule has 0 unspecified atom stereocenters. The Morgan fingerprint density at radius 1 is 0.412 bits per heavy atom. The first-order chi connectivity index (χ1) is 16.7. The summed E-state index contributed by atoms with van der Waals surface area (Å²) >= 11 is 0. The van der Waals surface area contributed by atoms with Crippen LogP contribution in [0.5, 0.6) is 0 Å². The van der Waals surface area contributed by atoms with Crippen molar-refractivity contribution in [2.75, 3.05) is 0 Å². The van der Waals surface area contributed by atoms with E-state index in [1.54, 1.807) is 0 Å². The SMILES string of the molecule is Cc1ccc2c(-c3ccccc3)c3c(c(-c4ccccc4)c2c1)-c1cccc2c(C)ccc-3c12. The minimum atomic E-state index is 1.27. The number of hydrogen-bond acceptors (Lipinski definition) is 0. The Morgan fingerprint density at radius 3 is 1.71 bits per heavy atom. The maximum Gasteiger partial charge on any atom is -0.000741 e. The molecular weight excluding hydrogens is 408 g/mol. The fourth-order valence-electron chi connectivity index (χ4n) is 5.92. The molecule has 1 aliphatic carbocycles. The van der Waals surface area contributed by atoms with Gasteiger partial charge in [0, 0.05) is 0 Å². The monoisotopic (exact) mass is 432 g/mol. The number of hydrogen-bond donors (Lipinski definition) is 0. The fraction of sp³-hybridized carbons (Fsp3) is 0.0588. The molecule has 0 amide bonds. The van der Waals surface area contributed by atoms with Gasteiger partial charge in [-0.15, -0.1) is 0 Å². The highest BCUT2D eigenvalue weighted by molar-refractivity contribution is 6.27. The van der Waals surface area contributed by atoms with Crippen LogP contribution < -0.4 is 0 Å². The predicted octanol–water partition coefficient (Wildman–Crippen LogP) is 9.59. The zero-order chi connectivity index (χ0) is 22.8. The summed E-state index contributed by atoms with van der Waals surface area (Å²) in [7, 11) is 0. The summed E-state index contributed by atoms with van der Waals surface area (Å²) in [5, 5.41) is 5.38. The molecule has 1 aliphatic rings. The third-order valence-corrected chi connectivity index (χ3v) is 7.39. The van der Waals surface area contributed by atoms with Crippen molar-refractivity contribution in [3.05, 3.63) is 120 Å². The average Bonchev–Trinajstić information content (AvgIpc) is 3.20. The van der Waals surface area contributed by atoms with Crippen LogP contribution in [0.2, 0.25) is 0 Å². The summed E-state index contributed by atoms with van der Waals surface area (Å²) in [6, 6.07) is 40.2. The van der Waals surface area contributed by atoms with E-state index in [1.165, 1.54) is 77.2 Å². The van der Waals surface area contributed by atoms with Crippen LogP contribution in [0.1, 0.15) is 11.1 Å². The van der Waals surface area contributed by atoms with Crippen molar-refractivity contribution in [1.29, 1.82) is 0 Å². The first kappa shape index (κ1) is 19.3. The van der Waals surface area contributed by atoms with Crippen molar-refractivity contribution in [2.24, 2.45) is 0 Å². The van der Waals surface area contributed by atoms with Crippen molar-refractivity contribution in [3.63, 3.8) is 0 Å². The molecule has 0 radical (unpaired) electrons. The van der Waals surface area contributed by atoms with E-state index >= 15 is 0 Å². The predicted molar refractivity (Wildman–Crippen MR) is 146 cm³/mol. The van der Waals surface area contributed by atoms with Gasteiger partial charge in [-0.05, 0) is 85.5 Å². The van der Waals surface area contributed by atoms with Gasteiger partial charge in [-0.3, -0.25) is 0 Å². The van der Waals surface area contributed by atoms with E-state index in [9.17, 15) is 0 Å². The van der Waals surface area contributed by atoms with Crippen LogP contribution in [-0.4, -0.2) is 0 Å². The van der Waals surface area contributed by atoms with Gasteiger partial charge in [-0.2, -0.15) is 0 Å². The molecule has 0 bridgehead atoms. The number of fused-ring (bicyclic) bond motifs is 4. The van der Waals surface area contributed by atoms with Crippen LogP contribution in [0, 0.1) is 13.8 Å². The van der Waals surface area contributed by atoms with E-state index in [4.69, 9.17) is 0 Å². The van der Waals surface area contributed by atoms with Crippen LogP contribution >= 0.6 is 0 Å². The van der Waals surface area contributed by atoms with Crippen molar-refractivity contribution >= 4 is 21.5 Å². The highest BCUT2D eigenvalue weighted by Crippen LogP contribution is 2.57. The van der Waals surface area contributed by atoms with E-state index in [0.717, 1.165) is 0 Å². The Morgan fingerprint density at radius 2 is 1.03 bits per heavy atom. The lowest BCUT2D eigenvalue weighted by Gasteiger charge is -2.20. The van der Waals surface area contributed by atoms with Gasteiger partial charge in [-0.25, -0.2) is 0 Å². The van der Waals surface area contributed by atoms with E-state index in [0.29, 0.717) is 0 Å². The molecule has 0 spiro atoms. The lowest BCUT2D eigenvalue weighted by molar-refractivity contribution is 1.50. The van der Waals surface area contributed by atoms with Gasteiger partial charge in [0.05, 0.1) is 0 Å². The van der Waals surface area contributed by atoms with Crippen LogP contribution in [0.3, 0.4) is 0 Å². The fourth-order valence-corrected chi connectivity index (χ4v) is 5.92. The van der Waals surface area contributed by atoms with Gasteiger partial charge in [0.1, 0.15) is 0 Å². The second kappa shape index (κ2) is 7.17. The Bertz CT molecular complexity index is 1740. The number of rotatable bonds is 2. The molecule has 0 aliphatic heterocycles. The van der Waals surface area contributed by atoms with Gasteiger partial charge in [0.2, 0.25) is 0 Å². The van der Waals surface area contributed by atoms with Gasteiger partial charge in [-0.1, -0.05) is 115 Å². The molecule has 7 rings (SSSR count). The summed E-state index contributed by atoms with van der Waals surface area (Å²) in [6.45, 7) is 4.42. The Kier molecular flexibility index (Phi) is 4.07. The summed E-state index contributed by atoms with van der Waals surface area (Å²) < 4.78 is 0. The average molecular weight is 433 g/mol. The van der Waals surface area contributed by atoms with Crippen LogP contribution in [0.25, 0.3) is 66.1 Å². The zero-order valence-corrected chi connectivity index (χ0v) is 19.4. The molecule has 0 nitrogen and oxygen atoms in total. The normalized spacial score (nSPS) is 11.8. The van der Waals surface area contributed by atoms with E-state index < -0.39 is 0 Å². The van der Waals surface area contributed by atoms with Crippen molar-refractivity contribution in [3.8, 4) is 44.5 Å². The van der Waals surface area contributed by atoms with Gasteiger partial charge >= 0.3 is 0 Å².